The first-order chi connectivity index (χ1) is 11.8. The van der Waals surface area contributed by atoms with Gasteiger partial charge in [-0.15, -0.1) is 0 Å². The lowest BCUT2D eigenvalue weighted by atomic mass is 10.1. The second-order valence-electron chi connectivity index (χ2n) is 5.46. The third-order valence-corrected chi connectivity index (χ3v) is 3.58. The van der Waals surface area contributed by atoms with Crippen molar-refractivity contribution in [1.29, 1.82) is 0 Å². The molecular weight excluding hydrogens is 333 g/mol. The van der Waals surface area contributed by atoms with Crippen molar-refractivity contribution < 1.29 is 22.5 Å². The van der Waals surface area contributed by atoms with Crippen molar-refractivity contribution in [1.82, 2.24) is 10.5 Å². The predicted octanol–water partition coefficient (Wildman–Crippen LogP) is 3.41. The molecule has 0 radical (unpaired) electrons. The molecule has 0 saturated heterocycles. The highest BCUT2D eigenvalue weighted by molar-refractivity contribution is 5.76. The number of benzene rings is 1. The maximum Gasteiger partial charge on any atom is 0.416 e. The van der Waals surface area contributed by atoms with E-state index in [0.717, 1.165) is 23.4 Å². The summed E-state index contributed by atoms with van der Waals surface area (Å²) in [5, 5.41) is 6.43. The first kappa shape index (κ1) is 18.6. The largest absolute Gasteiger partial charge is 0.416 e. The molecule has 4 nitrogen and oxygen atoms in total. The van der Waals surface area contributed by atoms with E-state index in [0.29, 0.717) is 12.2 Å². The zero-order chi connectivity index (χ0) is 18.4. The fraction of sp³-hybridized carbons (Fsp3) is 0.333. The number of nitrogens with zero attached hydrogens (tertiary/aromatic N) is 1. The number of aryl methyl sites for hydroxylation is 2. The van der Waals surface area contributed by atoms with Crippen molar-refractivity contribution in [3.8, 4) is 11.8 Å². The van der Waals surface area contributed by atoms with Gasteiger partial charge in [-0.25, -0.2) is 0 Å². The van der Waals surface area contributed by atoms with Gasteiger partial charge < -0.3 is 9.84 Å². The van der Waals surface area contributed by atoms with Gasteiger partial charge in [0.1, 0.15) is 5.76 Å². The second kappa shape index (κ2) is 7.88. The number of amides is 1. The van der Waals surface area contributed by atoms with Gasteiger partial charge in [-0.2, -0.15) is 13.2 Å². The minimum Gasteiger partial charge on any atom is -0.361 e. The quantitative estimate of drug-likeness (QED) is 0.860. The van der Waals surface area contributed by atoms with Crippen LogP contribution in [0.1, 0.15) is 34.6 Å². The summed E-state index contributed by atoms with van der Waals surface area (Å²) < 4.78 is 42.8. The third kappa shape index (κ3) is 5.38. The molecule has 0 saturated carbocycles. The van der Waals surface area contributed by atoms with Crippen LogP contribution >= 0.6 is 0 Å². The smallest absolute Gasteiger partial charge is 0.361 e. The molecule has 1 heterocycles. The lowest BCUT2D eigenvalue weighted by Gasteiger charge is -2.05. The summed E-state index contributed by atoms with van der Waals surface area (Å²) in [5.41, 5.74) is 1.17. The minimum atomic E-state index is -4.40. The van der Waals surface area contributed by atoms with Gasteiger partial charge in [-0.1, -0.05) is 23.1 Å². The Hall–Kier alpha value is -2.75. The summed E-state index contributed by atoms with van der Waals surface area (Å²) in [6.07, 6.45) is -3.63. The topological polar surface area (TPSA) is 55.1 Å². The molecule has 0 fully saturated rings. The number of hydrogen-bond donors (Lipinski definition) is 1. The molecule has 0 bridgehead atoms. The highest BCUT2D eigenvalue weighted by Gasteiger charge is 2.30. The van der Waals surface area contributed by atoms with Crippen LogP contribution in [0.3, 0.4) is 0 Å². The van der Waals surface area contributed by atoms with Gasteiger partial charge in [0.15, 0.2) is 0 Å². The van der Waals surface area contributed by atoms with Crippen molar-refractivity contribution in [3.05, 3.63) is 52.4 Å². The van der Waals surface area contributed by atoms with Crippen LogP contribution in [0.2, 0.25) is 0 Å². The zero-order valence-electron chi connectivity index (χ0n) is 13.8. The van der Waals surface area contributed by atoms with E-state index >= 15 is 0 Å². The maximum absolute atomic E-state index is 12.6. The molecule has 2 aromatic rings. The highest BCUT2D eigenvalue weighted by Crippen LogP contribution is 2.29. The molecule has 1 amide bonds. The zero-order valence-corrected chi connectivity index (χ0v) is 13.8. The maximum atomic E-state index is 12.6. The second-order valence-corrected chi connectivity index (χ2v) is 5.46. The SMILES string of the molecule is Cc1noc(C)c1CCC(=O)NCC#Cc1cccc(C(F)(F)F)c1. The normalized spacial score (nSPS) is 10.9. The van der Waals surface area contributed by atoms with E-state index < -0.39 is 11.7 Å². The molecule has 0 unspecified atom stereocenters. The molecule has 132 valence electrons. The van der Waals surface area contributed by atoms with E-state index in [-0.39, 0.29) is 24.4 Å². The molecule has 7 heteroatoms. The Morgan fingerprint density at radius 1 is 1.32 bits per heavy atom. The molecule has 0 aliphatic carbocycles. The molecule has 2 rings (SSSR count). The molecule has 1 aromatic carbocycles. The predicted molar refractivity (Wildman–Crippen MR) is 85.6 cm³/mol. The minimum absolute atomic E-state index is 0.0662. The van der Waals surface area contributed by atoms with E-state index in [4.69, 9.17) is 4.52 Å². The summed E-state index contributed by atoms with van der Waals surface area (Å²) >= 11 is 0. The average Bonchev–Trinajstić information content (AvgIpc) is 2.87. The first-order valence-electron chi connectivity index (χ1n) is 7.62. The number of carbonyl (C=O) groups excluding carboxylic acids is 1. The fourth-order valence-corrected chi connectivity index (χ4v) is 2.25. The number of halogens is 3. The van der Waals surface area contributed by atoms with Crippen molar-refractivity contribution in [2.24, 2.45) is 0 Å². The number of carbonyl (C=O) groups is 1. The summed E-state index contributed by atoms with van der Waals surface area (Å²) in [6, 6.07) is 4.75. The van der Waals surface area contributed by atoms with Crippen LogP contribution < -0.4 is 5.32 Å². The fourth-order valence-electron chi connectivity index (χ4n) is 2.25. The lowest BCUT2D eigenvalue weighted by molar-refractivity contribution is -0.137. The van der Waals surface area contributed by atoms with Crippen LogP contribution in [0.4, 0.5) is 13.2 Å². The molecule has 1 aromatic heterocycles. The van der Waals surface area contributed by atoms with E-state index in [2.05, 4.69) is 22.3 Å². The van der Waals surface area contributed by atoms with E-state index in [1.165, 1.54) is 12.1 Å². The van der Waals surface area contributed by atoms with Crippen LogP contribution in [0.25, 0.3) is 0 Å². The Balaban J connectivity index is 1.83. The number of aromatic nitrogens is 1. The van der Waals surface area contributed by atoms with Crippen LogP contribution in [-0.4, -0.2) is 17.6 Å². The molecule has 0 aliphatic heterocycles. The molecule has 0 spiro atoms. The standard InChI is InChI=1S/C18H17F3N2O2/c1-12-16(13(2)25-23-12)8-9-17(24)22-10-4-6-14-5-3-7-15(11-14)18(19,20)21/h3,5,7,11H,8-10H2,1-2H3,(H,22,24). The Morgan fingerprint density at radius 3 is 2.72 bits per heavy atom. The van der Waals surface area contributed by atoms with Gasteiger partial charge in [-0.3, -0.25) is 4.79 Å². The van der Waals surface area contributed by atoms with E-state index in [1.54, 1.807) is 6.92 Å². The molecular formula is C18H17F3N2O2. The van der Waals surface area contributed by atoms with Crippen LogP contribution in [0.5, 0.6) is 0 Å². The van der Waals surface area contributed by atoms with Gasteiger partial charge >= 0.3 is 6.18 Å². The Kier molecular flexibility index (Phi) is 5.86. The van der Waals surface area contributed by atoms with Crippen molar-refractivity contribution in [3.63, 3.8) is 0 Å². The Bertz CT molecular complexity index is 794. The third-order valence-electron chi connectivity index (χ3n) is 3.58. The summed E-state index contributed by atoms with van der Waals surface area (Å²) in [6.45, 7) is 3.66. The molecule has 0 atom stereocenters. The lowest BCUT2D eigenvalue weighted by Crippen LogP contribution is -2.23. The number of alkyl halides is 3. The van der Waals surface area contributed by atoms with Crippen LogP contribution in [0, 0.1) is 25.7 Å². The summed E-state index contributed by atoms with van der Waals surface area (Å²) in [4.78, 5) is 11.8. The number of hydrogen-bond acceptors (Lipinski definition) is 3. The van der Waals surface area contributed by atoms with Gasteiger partial charge in [0.2, 0.25) is 5.91 Å². The van der Waals surface area contributed by atoms with Gasteiger partial charge in [0.25, 0.3) is 0 Å². The monoisotopic (exact) mass is 350 g/mol. The van der Waals surface area contributed by atoms with E-state index in [9.17, 15) is 18.0 Å². The van der Waals surface area contributed by atoms with Crippen LogP contribution in [0.15, 0.2) is 28.8 Å². The first-order valence-corrected chi connectivity index (χ1v) is 7.62. The van der Waals surface area contributed by atoms with Gasteiger partial charge in [0, 0.05) is 17.5 Å². The Labute approximate surface area is 143 Å². The average molecular weight is 350 g/mol. The molecule has 25 heavy (non-hydrogen) atoms. The molecule has 1 N–H and O–H groups in total. The van der Waals surface area contributed by atoms with Crippen molar-refractivity contribution in [2.75, 3.05) is 6.54 Å². The van der Waals surface area contributed by atoms with Gasteiger partial charge in [0.05, 0.1) is 17.8 Å². The Morgan fingerprint density at radius 2 is 2.08 bits per heavy atom. The van der Waals surface area contributed by atoms with Crippen molar-refractivity contribution >= 4 is 5.91 Å². The summed E-state index contributed by atoms with van der Waals surface area (Å²) in [5.74, 6) is 5.75. The van der Waals surface area contributed by atoms with E-state index in [1.807, 2.05) is 6.92 Å². The highest BCUT2D eigenvalue weighted by atomic mass is 19.4. The van der Waals surface area contributed by atoms with Gasteiger partial charge in [-0.05, 0) is 38.5 Å². The van der Waals surface area contributed by atoms with Crippen LogP contribution in [-0.2, 0) is 17.4 Å². The summed E-state index contributed by atoms with van der Waals surface area (Å²) in [7, 11) is 0. The molecule has 0 aliphatic rings. The number of rotatable bonds is 4. The van der Waals surface area contributed by atoms with Crippen molar-refractivity contribution in [2.45, 2.75) is 32.9 Å². The number of nitrogens with one attached hydrogen (secondary N) is 1.